The van der Waals surface area contributed by atoms with Gasteiger partial charge in [-0.25, -0.2) is 57.8 Å². The first-order valence-electron chi connectivity index (χ1n) is 28.0. The van der Waals surface area contributed by atoms with Crippen LogP contribution in [0.2, 0.25) is 20.6 Å². The summed E-state index contributed by atoms with van der Waals surface area (Å²) in [6.07, 6.45) is 12.1. The molecule has 0 spiro atoms. The lowest BCUT2D eigenvalue weighted by Crippen LogP contribution is -2.24. The molecule has 0 amide bonds. The first-order valence-corrected chi connectivity index (χ1v) is 29.6. The molecule has 0 saturated heterocycles. The first kappa shape index (κ1) is 64.2. The Kier molecular flexibility index (Phi) is 19.4. The van der Waals surface area contributed by atoms with Gasteiger partial charge in [0.25, 0.3) is 0 Å². The van der Waals surface area contributed by atoms with E-state index in [1.165, 1.54) is 21.5 Å². The zero-order valence-corrected chi connectivity index (χ0v) is 52.6. The zero-order chi connectivity index (χ0) is 63.5. The molecule has 4 aliphatic carbocycles. The monoisotopic (exact) mass is 1280 g/mol. The van der Waals surface area contributed by atoms with Crippen molar-refractivity contribution >= 4 is 70.3 Å². The second-order valence-electron chi connectivity index (χ2n) is 23.5. The van der Waals surface area contributed by atoms with Crippen LogP contribution in [0.4, 0.5) is 0 Å². The normalized spacial score (nSPS) is 20.2. The van der Waals surface area contributed by atoms with Gasteiger partial charge in [0.05, 0.1) is 22.3 Å². The van der Waals surface area contributed by atoms with E-state index in [-0.39, 0.29) is 67.3 Å². The summed E-state index contributed by atoms with van der Waals surface area (Å²) in [4.78, 5) is 62.4. The minimum atomic E-state index is -1.11. The SMILES string of the molecule is C[C@@H]1CC1Oc1ccn(-c2ccc(C(=O)OC(C)(C)C)c(Cl)n2)n1.C[C@@H]1C[C@H]1Oc1ccn(-c2ccc(C(=O)O)c(Cl)n2)n1.C[C@H]1C[C@@H]1Oc1ccn(-c2ccc(C(=O)O)c(Cl)n2)n1.C[C@H]1C[C@@H]1Oc1ccn(-c2ccc(C(=O)OC(C)(C)C)c(Cl)n2)n1. The number of ether oxygens (including phenoxy) is 6. The first-order chi connectivity index (χ1) is 41.5. The maximum absolute atomic E-state index is 12.1. The summed E-state index contributed by atoms with van der Waals surface area (Å²) < 4.78 is 39.5. The van der Waals surface area contributed by atoms with Crippen molar-refractivity contribution in [1.29, 1.82) is 0 Å². The van der Waals surface area contributed by atoms with Gasteiger partial charge < -0.3 is 38.6 Å². The Balaban J connectivity index is 0.000000140. The van der Waals surface area contributed by atoms with Crippen molar-refractivity contribution in [2.45, 2.75) is 131 Å². The standard InChI is InChI=1S/2C17H20ClN3O3.2C13H12ClN3O3/c2*1-10-9-12(10)23-14-7-8-21(20-14)13-6-5-11(15(18)19-13)16(22)24-17(2,3)4;2*1-7-6-9(7)20-11-4-5-17(16-11)10-3-2-8(13(18)19)12(14)15-10/h2*5-8,10,12H,9H2,1-4H3;2*2-5,7,9H,6H2,1H3,(H,18,19)/t10-,12?;10-,12-;2*7-,9-/m1010/s1. The van der Waals surface area contributed by atoms with Crippen LogP contribution in [0.3, 0.4) is 0 Å². The second-order valence-corrected chi connectivity index (χ2v) is 24.9. The molecule has 1 unspecified atom stereocenters. The van der Waals surface area contributed by atoms with Gasteiger partial charge >= 0.3 is 23.9 Å². The maximum Gasteiger partial charge on any atom is 0.341 e. The van der Waals surface area contributed by atoms with E-state index in [4.69, 9.17) is 85.0 Å². The molecular formula is C60H64Cl4N12O12. The Morgan fingerprint density at radius 3 is 0.795 bits per heavy atom. The van der Waals surface area contributed by atoms with Gasteiger partial charge in [-0.15, -0.1) is 20.4 Å². The van der Waals surface area contributed by atoms with E-state index >= 15 is 0 Å². The number of carboxylic acids is 2. The van der Waals surface area contributed by atoms with Crippen molar-refractivity contribution in [2.75, 3.05) is 0 Å². The summed E-state index contributed by atoms with van der Waals surface area (Å²) in [7, 11) is 0. The molecule has 28 heteroatoms. The molecule has 8 atom stereocenters. The predicted molar refractivity (Wildman–Crippen MR) is 323 cm³/mol. The van der Waals surface area contributed by atoms with Gasteiger partial charge in [-0.2, -0.15) is 0 Å². The molecule has 8 heterocycles. The molecule has 4 fully saturated rings. The molecule has 464 valence electrons. The molecule has 0 radical (unpaired) electrons. The predicted octanol–water partition coefficient (Wildman–Crippen LogP) is 12.1. The van der Waals surface area contributed by atoms with E-state index in [1.54, 1.807) is 136 Å². The van der Waals surface area contributed by atoms with Crippen LogP contribution >= 0.6 is 46.4 Å². The number of aromatic carboxylic acids is 2. The fourth-order valence-electron chi connectivity index (χ4n) is 7.92. The fraction of sp³-hybridized carbons (Fsp3) is 0.400. The Bertz CT molecular complexity index is 3610. The number of pyridine rings is 4. The van der Waals surface area contributed by atoms with Crippen molar-refractivity contribution in [3.63, 3.8) is 0 Å². The van der Waals surface area contributed by atoms with Gasteiger partial charge in [-0.3, -0.25) is 0 Å². The number of aromatic nitrogens is 12. The Morgan fingerprint density at radius 1 is 0.398 bits per heavy atom. The average molecular weight is 1290 g/mol. The summed E-state index contributed by atoms with van der Waals surface area (Å²) in [5.41, 5.74) is -0.797. The highest BCUT2D eigenvalue weighted by atomic mass is 35.5. The molecule has 12 rings (SSSR count). The molecule has 4 aliphatic rings. The number of hydrogen-bond acceptors (Lipinski definition) is 18. The van der Waals surface area contributed by atoms with E-state index in [0.29, 0.717) is 70.5 Å². The largest absolute Gasteiger partial charge is 0.478 e. The lowest BCUT2D eigenvalue weighted by Gasteiger charge is -2.19. The molecule has 0 aliphatic heterocycles. The summed E-state index contributed by atoms with van der Waals surface area (Å²) in [6, 6.07) is 19.5. The lowest BCUT2D eigenvalue weighted by atomic mass is 10.2. The van der Waals surface area contributed by atoms with Gasteiger partial charge in [-0.1, -0.05) is 74.1 Å². The van der Waals surface area contributed by atoms with E-state index in [2.05, 4.69) is 68.0 Å². The molecule has 0 bridgehead atoms. The Morgan fingerprint density at radius 2 is 0.614 bits per heavy atom. The van der Waals surface area contributed by atoms with E-state index < -0.39 is 35.1 Å². The number of carboxylic acid groups (broad SMARTS) is 2. The van der Waals surface area contributed by atoms with Crippen molar-refractivity contribution in [2.24, 2.45) is 23.7 Å². The van der Waals surface area contributed by atoms with E-state index in [1.807, 2.05) is 0 Å². The van der Waals surface area contributed by atoms with Crippen LogP contribution in [0.1, 0.15) is 136 Å². The summed E-state index contributed by atoms with van der Waals surface area (Å²) in [6.45, 7) is 19.3. The molecule has 24 nitrogen and oxygen atoms in total. The van der Waals surface area contributed by atoms with E-state index in [9.17, 15) is 19.2 Å². The van der Waals surface area contributed by atoms with Crippen LogP contribution < -0.4 is 18.9 Å². The highest BCUT2D eigenvalue weighted by Crippen LogP contribution is 2.37. The summed E-state index contributed by atoms with van der Waals surface area (Å²) in [5, 5.41) is 34.9. The number of hydrogen-bond donors (Lipinski definition) is 2. The number of carbonyl (C=O) groups excluding carboxylic acids is 2. The smallest absolute Gasteiger partial charge is 0.341 e. The highest BCUT2D eigenvalue weighted by molar-refractivity contribution is 6.33. The topological polar surface area (TPSA) is 287 Å². The van der Waals surface area contributed by atoms with Gasteiger partial charge in [0, 0.05) is 49.1 Å². The summed E-state index contributed by atoms with van der Waals surface area (Å²) in [5.74, 6) is 3.14. The van der Waals surface area contributed by atoms with Crippen molar-refractivity contribution in [3.05, 3.63) is 140 Å². The zero-order valence-electron chi connectivity index (χ0n) is 49.5. The lowest BCUT2D eigenvalue weighted by molar-refractivity contribution is 0.00566. The number of esters is 2. The van der Waals surface area contributed by atoms with Crippen molar-refractivity contribution in [3.8, 4) is 46.8 Å². The van der Waals surface area contributed by atoms with Crippen LogP contribution in [0.15, 0.2) is 97.6 Å². The minimum absolute atomic E-state index is 0.0362. The van der Waals surface area contributed by atoms with Crippen LogP contribution in [0.25, 0.3) is 23.3 Å². The molecule has 8 aromatic rings. The third-order valence-corrected chi connectivity index (χ3v) is 14.6. The number of nitrogens with zero attached hydrogens (tertiary/aromatic N) is 12. The Labute approximate surface area is 525 Å². The Hall–Kier alpha value is -8.32. The molecule has 8 aromatic heterocycles. The highest BCUT2D eigenvalue weighted by Gasteiger charge is 2.38. The number of carbonyl (C=O) groups is 4. The third-order valence-electron chi connectivity index (χ3n) is 13.5. The quantitative estimate of drug-likeness (QED) is 0.0671. The summed E-state index contributed by atoms with van der Waals surface area (Å²) >= 11 is 23.9. The number of rotatable bonds is 16. The molecule has 2 N–H and O–H groups in total. The van der Waals surface area contributed by atoms with Crippen LogP contribution in [0.5, 0.6) is 23.5 Å². The fourth-order valence-corrected chi connectivity index (χ4v) is 8.83. The van der Waals surface area contributed by atoms with Gasteiger partial charge in [0.2, 0.25) is 23.5 Å². The maximum atomic E-state index is 12.1. The van der Waals surface area contributed by atoms with Gasteiger partial charge in [0.15, 0.2) is 23.3 Å². The molecule has 4 saturated carbocycles. The van der Waals surface area contributed by atoms with Crippen LogP contribution in [-0.2, 0) is 9.47 Å². The molecular weight excluding hydrogens is 1220 g/mol. The molecule has 0 aromatic carbocycles. The second kappa shape index (κ2) is 26.6. The number of halogens is 4. The van der Waals surface area contributed by atoms with E-state index in [0.717, 1.165) is 25.7 Å². The van der Waals surface area contributed by atoms with Gasteiger partial charge in [-0.05, 0) is 139 Å². The molecule has 88 heavy (non-hydrogen) atoms. The van der Waals surface area contributed by atoms with Crippen LogP contribution in [0, 0.1) is 23.7 Å². The minimum Gasteiger partial charge on any atom is -0.478 e. The van der Waals surface area contributed by atoms with Crippen LogP contribution in [-0.4, -0.2) is 129 Å². The third kappa shape index (κ3) is 17.5. The van der Waals surface area contributed by atoms with Crippen molar-refractivity contribution in [1.82, 2.24) is 59.1 Å². The van der Waals surface area contributed by atoms with Gasteiger partial charge in [0.1, 0.15) is 56.2 Å². The average Bonchev–Trinajstić information content (AvgIpc) is 4.55. The van der Waals surface area contributed by atoms with Crippen molar-refractivity contribution < 1.29 is 57.8 Å².